The van der Waals surface area contributed by atoms with Crippen molar-refractivity contribution in [1.82, 2.24) is 9.88 Å². The molecule has 5 nitrogen and oxygen atoms in total. The van der Waals surface area contributed by atoms with E-state index in [1.807, 2.05) is 30.3 Å². The summed E-state index contributed by atoms with van der Waals surface area (Å²) in [5.41, 5.74) is 0.727. The van der Waals surface area contributed by atoms with Crippen LogP contribution >= 0.6 is 0 Å². The first-order valence-electron chi connectivity index (χ1n) is 6.71. The van der Waals surface area contributed by atoms with Gasteiger partial charge in [0.15, 0.2) is 6.23 Å². The molecule has 2 aliphatic heterocycles. The Morgan fingerprint density at radius 2 is 2.25 bits per heavy atom. The number of ether oxygens (including phenoxy) is 1. The van der Waals surface area contributed by atoms with Gasteiger partial charge in [0, 0.05) is 30.1 Å². The van der Waals surface area contributed by atoms with Gasteiger partial charge in [-0.1, -0.05) is 18.2 Å². The summed E-state index contributed by atoms with van der Waals surface area (Å²) >= 11 is 0. The molecule has 3 heterocycles. The third kappa shape index (κ3) is 1.59. The Bertz CT molecular complexity index is 702. The van der Waals surface area contributed by atoms with Gasteiger partial charge in [0.2, 0.25) is 0 Å². The van der Waals surface area contributed by atoms with E-state index in [4.69, 9.17) is 4.74 Å². The number of amides is 1. The van der Waals surface area contributed by atoms with Crippen LogP contribution in [-0.4, -0.2) is 33.9 Å². The van der Waals surface area contributed by atoms with Crippen LogP contribution in [0.5, 0.6) is 0 Å². The van der Waals surface area contributed by atoms with E-state index in [9.17, 15) is 9.90 Å². The molecule has 1 aromatic carbocycles. The maximum absolute atomic E-state index is 11.2. The zero-order valence-electron chi connectivity index (χ0n) is 10.8. The molecule has 0 bridgehead atoms. The van der Waals surface area contributed by atoms with Gasteiger partial charge in [-0.05, 0) is 18.6 Å². The van der Waals surface area contributed by atoms with E-state index < -0.39 is 5.60 Å². The van der Waals surface area contributed by atoms with Crippen molar-refractivity contribution in [3.8, 4) is 0 Å². The first kappa shape index (κ1) is 11.7. The first-order valence-corrected chi connectivity index (χ1v) is 6.71. The molecule has 2 fully saturated rings. The summed E-state index contributed by atoms with van der Waals surface area (Å²) in [5, 5.41) is 11.9. The van der Waals surface area contributed by atoms with Crippen LogP contribution in [-0.2, 0) is 10.3 Å². The molecule has 2 atom stereocenters. The molecule has 1 amide bonds. The summed E-state index contributed by atoms with van der Waals surface area (Å²) in [7, 11) is 0. The molecule has 4 rings (SSSR count). The highest BCUT2D eigenvalue weighted by Crippen LogP contribution is 2.40. The minimum Gasteiger partial charge on any atom is -0.425 e. The molecule has 0 saturated carbocycles. The Balaban J connectivity index is 1.69. The third-order valence-corrected chi connectivity index (χ3v) is 4.23. The molecule has 1 aromatic heterocycles. The van der Waals surface area contributed by atoms with Crippen LogP contribution in [0.15, 0.2) is 36.5 Å². The third-order valence-electron chi connectivity index (χ3n) is 4.23. The number of pyridine rings is 1. The lowest BCUT2D eigenvalue weighted by Gasteiger charge is -2.48. The summed E-state index contributed by atoms with van der Waals surface area (Å²) in [4.78, 5) is 17.2. The first-order chi connectivity index (χ1) is 9.66. The van der Waals surface area contributed by atoms with E-state index in [2.05, 4.69) is 4.98 Å². The lowest BCUT2D eigenvalue weighted by molar-refractivity contribution is -0.170. The van der Waals surface area contributed by atoms with E-state index >= 15 is 0 Å². The van der Waals surface area contributed by atoms with Crippen LogP contribution in [0.1, 0.15) is 18.4 Å². The Morgan fingerprint density at radius 3 is 3.05 bits per heavy atom. The topological polar surface area (TPSA) is 62.7 Å². The summed E-state index contributed by atoms with van der Waals surface area (Å²) < 4.78 is 5.05. The number of carbonyl (C=O) groups excluding carboxylic acids is 1. The fourth-order valence-corrected chi connectivity index (χ4v) is 2.99. The van der Waals surface area contributed by atoms with Gasteiger partial charge in [-0.25, -0.2) is 4.79 Å². The number of piperidine rings is 1. The van der Waals surface area contributed by atoms with Crippen LogP contribution in [0.25, 0.3) is 10.9 Å². The maximum atomic E-state index is 11.2. The van der Waals surface area contributed by atoms with Gasteiger partial charge >= 0.3 is 6.09 Å². The lowest BCUT2D eigenvalue weighted by Crippen LogP contribution is -2.61. The molecule has 0 spiro atoms. The molecule has 0 radical (unpaired) electrons. The van der Waals surface area contributed by atoms with Crippen LogP contribution in [0.2, 0.25) is 0 Å². The predicted molar refractivity (Wildman–Crippen MR) is 71.8 cm³/mol. The normalized spacial score (nSPS) is 28.8. The van der Waals surface area contributed by atoms with Crippen molar-refractivity contribution in [2.45, 2.75) is 24.7 Å². The van der Waals surface area contributed by atoms with Gasteiger partial charge in [0.1, 0.15) is 0 Å². The molecule has 2 aromatic rings. The smallest absolute Gasteiger partial charge is 0.414 e. The van der Waals surface area contributed by atoms with Crippen LogP contribution in [0.3, 0.4) is 0 Å². The summed E-state index contributed by atoms with van der Waals surface area (Å²) in [5.74, 6) is 0. The van der Waals surface area contributed by atoms with Gasteiger partial charge in [-0.2, -0.15) is 0 Å². The number of benzene rings is 1. The van der Waals surface area contributed by atoms with Crippen molar-refractivity contribution >= 4 is 17.0 Å². The minimum absolute atomic E-state index is 0.284. The van der Waals surface area contributed by atoms with Crippen LogP contribution in [0, 0.1) is 0 Å². The maximum Gasteiger partial charge on any atom is 0.414 e. The van der Waals surface area contributed by atoms with Crippen molar-refractivity contribution in [3.63, 3.8) is 0 Å². The fraction of sp³-hybridized carbons (Fsp3) is 0.333. The van der Waals surface area contributed by atoms with Crippen LogP contribution < -0.4 is 0 Å². The van der Waals surface area contributed by atoms with Crippen molar-refractivity contribution in [2.24, 2.45) is 0 Å². The van der Waals surface area contributed by atoms with Gasteiger partial charge < -0.3 is 9.84 Å². The molecule has 20 heavy (non-hydrogen) atoms. The van der Waals surface area contributed by atoms with Crippen molar-refractivity contribution in [3.05, 3.63) is 42.1 Å². The van der Waals surface area contributed by atoms with E-state index in [0.717, 1.165) is 16.5 Å². The van der Waals surface area contributed by atoms with Crippen LogP contribution in [0.4, 0.5) is 4.79 Å². The fourth-order valence-electron chi connectivity index (χ4n) is 2.99. The Labute approximate surface area is 115 Å². The van der Waals surface area contributed by atoms with E-state index in [1.165, 1.54) is 0 Å². The number of hydrogen-bond acceptors (Lipinski definition) is 4. The average molecular weight is 270 g/mol. The molecule has 2 aliphatic rings. The lowest BCUT2D eigenvalue weighted by atomic mass is 9.83. The van der Waals surface area contributed by atoms with Gasteiger partial charge in [-0.15, -0.1) is 0 Å². The number of aliphatic hydroxyl groups is 1. The van der Waals surface area contributed by atoms with Crippen molar-refractivity contribution in [1.29, 1.82) is 0 Å². The Kier molecular flexibility index (Phi) is 2.29. The zero-order valence-corrected chi connectivity index (χ0v) is 10.8. The van der Waals surface area contributed by atoms with E-state index in [1.54, 1.807) is 11.1 Å². The largest absolute Gasteiger partial charge is 0.425 e. The number of aromatic nitrogens is 1. The molecule has 2 unspecified atom stereocenters. The predicted octanol–water partition coefficient (Wildman–Crippen LogP) is 1.99. The summed E-state index contributed by atoms with van der Waals surface area (Å²) in [6.45, 7) is 0.521. The standard InChI is InChI=1S/C15H14N2O3/c18-14-17-6-5-15(19,8-13(17)20-14)11-7-10-3-1-2-4-12(10)16-9-11/h1-4,7,9,13,19H,5-6,8H2. The highest BCUT2D eigenvalue weighted by molar-refractivity contribution is 5.79. The number of para-hydroxylation sites is 1. The Hall–Kier alpha value is -2.14. The SMILES string of the molecule is O=C1OC2CC(O)(c3cnc4ccccc4c3)CCN12. The molecule has 5 heteroatoms. The summed E-state index contributed by atoms with van der Waals surface area (Å²) in [6, 6.07) is 9.79. The molecule has 2 saturated heterocycles. The van der Waals surface area contributed by atoms with E-state index in [0.29, 0.717) is 19.4 Å². The molecule has 102 valence electrons. The number of nitrogens with zero attached hydrogens (tertiary/aromatic N) is 2. The van der Waals surface area contributed by atoms with Crippen molar-refractivity contribution in [2.75, 3.05) is 6.54 Å². The monoisotopic (exact) mass is 270 g/mol. The highest BCUT2D eigenvalue weighted by atomic mass is 16.6. The van der Waals surface area contributed by atoms with Gasteiger partial charge in [0.25, 0.3) is 0 Å². The second kappa shape index (κ2) is 3.93. The molecular formula is C15H14N2O3. The minimum atomic E-state index is -0.973. The second-order valence-corrected chi connectivity index (χ2v) is 5.43. The Morgan fingerprint density at radius 1 is 1.40 bits per heavy atom. The van der Waals surface area contributed by atoms with Gasteiger partial charge in [0.05, 0.1) is 11.1 Å². The quantitative estimate of drug-likeness (QED) is 0.860. The highest BCUT2D eigenvalue weighted by Gasteiger charge is 2.49. The average Bonchev–Trinajstić information content (AvgIpc) is 2.46. The summed E-state index contributed by atoms with van der Waals surface area (Å²) in [6.07, 6.45) is 2.05. The number of carbonyl (C=O) groups is 1. The van der Waals surface area contributed by atoms with Gasteiger partial charge in [-0.3, -0.25) is 9.88 Å². The number of fused-ring (bicyclic) bond motifs is 2. The van der Waals surface area contributed by atoms with Crippen molar-refractivity contribution < 1.29 is 14.6 Å². The molecule has 1 N–H and O–H groups in total. The number of hydrogen-bond donors (Lipinski definition) is 1. The van der Waals surface area contributed by atoms with E-state index in [-0.39, 0.29) is 12.3 Å². The number of rotatable bonds is 1. The zero-order chi connectivity index (χ0) is 13.7. The molecule has 0 aliphatic carbocycles. The molecular weight excluding hydrogens is 256 g/mol. The second-order valence-electron chi connectivity index (χ2n) is 5.43.